The molecule has 0 spiro atoms. The Morgan fingerprint density at radius 1 is 1.24 bits per heavy atom. The fraction of sp³-hybridized carbons (Fsp3) is 0.568. The molecule has 2 aliphatic rings. The Bertz CT molecular complexity index is 1460. The van der Waals surface area contributed by atoms with E-state index >= 15 is 0 Å². The summed E-state index contributed by atoms with van der Waals surface area (Å²) in [5, 5.41) is 10.3. The maximum Gasteiger partial charge on any atom is 0.417 e. The number of hydrogen-bond acceptors (Lipinski definition) is 7. The highest BCUT2D eigenvalue weighted by molar-refractivity contribution is 7.97. The monoisotopic (exact) mass is 739 g/mol. The fourth-order valence-electron chi connectivity index (χ4n) is 6.62. The van der Waals surface area contributed by atoms with E-state index in [2.05, 4.69) is 34.8 Å². The average molecular weight is 740 g/mol. The van der Waals surface area contributed by atoms with Crippen molar-refractivity contribution >= 4 is 41.1 Å². The number of unbranched alkanes of at least 4 members (excludes halogenated alkanes) is 1. The number of hydrogen-bond donors (Lipinski definition) is 3. The number of ether oxygens (including phenoxy) is 2. The molecule has 2 aromatic rings. The standard InChI is InChI=1S/C37H49ClF3N3O5S/c1-3-27(32(48-2)13-5-4-6-18-50-43-35(46)29-21-36(47,22-29)37(39,40)41)16-17-44-23-26(11-7-9-25-10-8-12-30(38)19-25)24-49-33-15-14-28(34(42)45)20-31(33)44/h5,8,10,12-15,19-20,26-27,29,32,47H,3-4,6-7,9,11,16-18,21-24H2,1-2H3,(H2,42,45)(H,43,46)/b13-5+/t26?,27-,29?,32+,36?/m1/s1. The van der Waals surface area contributed by atoms with Gasteiger partial charge in [-0.25, -0.2) is 0 Å². The number of fused-ring (bicyclic) bond motifs is 1. The highest BCUT2D eigenvalue weighted by Gasteiger charge is 2.62. The normalized spacial score (nSPS) is 21.9. The van der Waals surface area contributed by atoms with Gasteiger partial charge in [-0.1, -0.05) is 61.2 Å². The number of carbonyl (C=O) groups is 2. The molecule has 4 rings (SSSR count). The molecule has 0 radical (unpaired) electrons. The Balaban J connectivity index is 1.27. The molecule has 4 N–H and O–H groups in total. The second kappa shape index (κ2) is 18.5. The maximum absolute atomic E-state index is 12.8. The number of benzene rings is 2. The molecule has 1 aliphatic heterocycles. The van der Waals surface area contributed by atoms with Crippen LogP contribution in [0.1, 0.15) is 74.2 Å². The third kappa shape index (κ3) is 11.0. The van der Waals surface area contributed by atoms with Gasteiger partial charge < -0.3 is 25.2 Å². The van der Waals surface area contributed by atoms with Gasteiger partial charge in [0.25, 0.3) is 0 Å². The Morgan fingerprint density at radius 3 is 2.70 bits per heavy atom. The molecular weight excluding hydrogens is 691 g/mol. The number of nitrogens with one attached hydrogen (secondary N) is 1. The third-order valence-electron chi connectivity index (χ3n) is 9.72. The molecule has 1 aliphatic carbocycles. The highest BCUT2D eigenvalue weighted by atomic mass is 35.5. The lowest BCUT2D eigenvalue weighted by Gasteiger charge is -2.43. The van der Waals surface area contributed by atoms with Crippen molar-refractivity contribution in [3.05, 3.63) is 70.8 Å². The minimum absolute atomic E-state index is 0.105. The minimum Gasteiger partial charge on any atom is -0.491 e. The molecule has 13 heteroatoms. The van der Waals surface area contributed by atoms with E-state index in [1.807, 2.05) is 30.3 Å². The quantitative estimate of drug-likeness (QED) is 0.0824. The predicted octanol–water partition coefficient (Wildman–Crippen LogP) is 7.51. The van der Waals surface area contributed by atoms with E-state index in [1.165, 1.54) is 17.5 Å². The number of rotatable bonds is 18. The first-order chi connectivity index (χ1) is 23.8. The average Bonchev–Trinajstić information content (AvgIpc) is 3.23. The number of anilines is 1. The second-order valence-electron chi connectivity index (χ2n) is 13.4. The zero-order valence-corrected chi connectivity index (χ0v) is 30.3. The number of alkyl halides is 3. The lowest BCUT2D eigenvalue weighted by molar-refractivity contribution is -0.295. The smallest absolute Gasteiger partial charge is 0.417 e. The van der Waals surface area contributed by atoms with Gasteiger partial charge in [-0.05, 0) is 93.2 Å². The van der Waals surface area contributed by atoms with Crippen LogP contribution in [0.15, 0.2) is 54.6 Å². The van der Waals surface area contributed by atoms with Gasteiger partial charge in [0.15, 0.2) is 5.60 Å². The number of methoxy groups -OCH3 is 1. The summed E-state index contributed by atoms with van der Waals surface area (Å²) in [5.41, 5.74) is 5.41. The van der Waals surface area contributed by atoms with Gasteiger partial charge >= 0.3 is 6.18 Å². The van der Waals surface area contributed by atoms with Crippen LogP contribution >= 0.6 is 23.5 Å². The summed E-state index contributed by atoms with van der Waals surface area (Å²) >= 11 is 7.35. The van der Waals surface area contributed by atoms with Gasteiger partial charge in [0.05, 0.1) is 18.4 Å². The van der Waals surface area contributed by atoms with Crippen LogP contribution < -0.4 is 20.1 Å². The molecular formula is C37H49ClF3N3O5S. The molecule has 1 fully saturated rings. The minimum atomic E-state index is -4.72. The summed E-state index contributed by atoms with van der Waals surface area (Å²) < 4.78 is 53.2. The summed E-state index contributed by atoms with van der Waals surface area (Å²) in [7, 11) is 1.70. The summed E-state index contributed by atoms with van der Waals surface area (Å²) in [6.07, 6.45) is 4.29. The van der Waals surface area contributed by atoms with Gasteiger partial charge in [0.1, 0.15) is 5.75 Å². The Morgan fingerprint density at radius 2 is 2.02 bits per heavy atom. The molecule has 1 saturated carbocycles. The van der Waals surface area contributed by atoms with Crippen molar-refractivity contribution < 1.29 is 37.3 Å². The van der Waals surface area contributed by atoms with Gasteiger partial charge in [0.2, 0.25) is 11.8 Å². The molecule has 276 valence electrons. The fourth-order valence-corrected chi connectivity index (χ4v) is 7.55. The van der Waals surface area contributed by atoms with Crippen LogP contribution in [-0.2, 0) is 16.0 Å². The summed E-state index contributed by atoms with van der Waals surface area (Å²) in [6.45, 7) is 4.25. The highest BCUT2D eigenvalue weighted by Crippen LogP contribution is 2.48. The Labute approximate surface area is 302 Å². The number of aliphatic hydroxyl groups is 1. The molecule has 8 nitrogen and oxygen atoms in total. The van der Waals surface area contributed by atoms with Crippen LogP contribution in [0.5, 0.6) is 5.75 Å². The number of nitrogens with zero attached hydrogens (tertiary/aromatic N) is 1. The van der Waals surface area contributed by atoms with E-state index < -0.39 is 42.4 Å². The van der Waals surface area contributed by atoms with Crippen molar-refractivity contribution in [2.24, 2.45) is 23.5 Å². The van der Waals surface area contributed by atoms with E-state index in [0.29, 0.717) is 17.9 Å². The summed E-state index contributed by atoms with van der Waals surface area (Å²) in [5.74, 6) is 0.0847. The zero-order valence-electron chi connectivity index (χ0n) is 28.7. The van der Waals surface area contributed by atoms with Crippen molar-refractivity contribution in [1.29, 1.82) is 0 Å². The third-order valence-corrected chi connectivity index (χ3v) is 10.8. The molecule has 2 aromatic carbocycles. The van der Waals surface area contributed by atoms with E-state index in [-0.39, 0.29) is 17.9 Å². The Hall–Kier alpha value is -2.93. The largest absolute Gasteiger partial charge is 0.491 e. The topological polar surface area (TPSA) is 114 Å². The van der Waals surface area contributed by atoms with E-state index in [1.54, 1.807) is 13.2 Å². The van der Waals surface area contributed by atoms with Crippen LogP contribution in [0.4, 0.5) is 18.9 Å². The van der Waals surface area contributed by atoms with Crippen molar-refractivity contribution in [3.63, 3.8) is 0 Å². The maximum atomic E-state index is 12.8. The molecule has 0 aromatic heterocycles. The van der Waals surface area contributed by atoms with Crippen molar-refractivity contribution in [2.45, 2.75) is 82.6 Å². The first-order valence-corrected chi connectivity index (χ1v) is 18.7. The summed E-state index contributed by atoms with van der Waals surface area (Å²) in [6, 6.07) is 13.3. The zero-order chi connectivity index (χ0) is 36.3. The molecule has 2 amide bonds. The number of amides is 2. The molecule has 0 bridgehead atoms. The van der Waals surface area contributed by atoms with E-state index in [9.17, 15) is 27.9 Å². The number of primary amides is 1. The first kappa shape index (κ1) is 39.8. The number of halogens is 4. The lowest BCUT2D eigenvalue weighted by atomic mass is 9.70. The van der Waals surface area contributed by atoms with Crippen molar-refractivity contribution in [1.82, 2.24) is 4.72 Å². The van der Waals surface area contributed by atoms with Gasteiger partial charge in [-0.3, -0.25) is 14.3 Å². The lowest BCUT2D eigenvalue weighted by Crippen LogP contribution is -2.58. The molecule has 1 unspecified atom stereocenters. The van der Waals surface area contributed by atoms with Crippen LogP contribution in [0.3, 0.4) is 0 Å². The SMILES string of the molecule is CC[C@H](CCN1CC(CCCc2cccc(Cl)c2)COc2ccc(C(N)=O)cc21)[C@H](/C=C/CCCSNC(=O)C1CC(O)(C(F)(F)F)C1)OC. The number of carbonyl (C=O) groups excluding carboxylic acids is 2. The van der Waals surface area contributed by atoms with Crippen LogP contribution in [0.25, 0.3) is 0 Å². The molecule has 3 atom stereocenters. The predicted molar refractivity (Wildman–Crippen MR) is 192 cm³/mol. The number of nitrogens with two attached hydrogens (primary N) is 1. The van der Waals surface area contributed by atoms with Crippen molar-refractivity contribution in [2.75, 3.05) is 37.5 Å². The molecule has 50 heavy (non-hydrogen) atoms. The van der Waals surface area contributed by atoms with Crippen molar-refractivity contribution in [3.8, 4) is 5.75 Å². The van der Waals surface area contributed by atoms with Crippen LogP contribution in [-0.4, -0.2) is 67.4 Å². The van der Waals surface area contributed by atoms with Crippen LogP contribution in [0, 0.1) is 17.8 Å². The van der Waals surface area contributed by atoms with Gasteiger partial charge in [0, 0.05) is 48.4 Å². The number of aryl methyl sites for hydroxylation is 1. The van der Waals surface area contributed by atoms with Crippen LogP contribution in [0.2, 0.25) is 5.02 Å². The molecule has 0 saturated heterocycles. The second-order valence-corrected chi connectivity index (χ2v) is 14.7. The Kier molecular flexibility index (Phi) is 14.8. The van der Waals surface area contributed by atoms with E-state index in [4.69, 9.17) is 26.8 Å². The molecule has 1 heterocycles. The van der Waals surface area contributed by atoms with Gasteiger partial charge in [-0.15, -0.1) is 0 Å². The van der Waals surface area contributed by atoms with Gasteiger partial charge in [-0.2, -0.15) is 13.2 Å². The first-order valence-electron chi connectivity index (χ1n) is 17.3. The summed E-state index contributed by atoms with van der Waals surface area (Å²) in [4.78, 5) is 26.5. The van der Waals surface area contributed by atoms with E-state index in [0.717, 1.165) is 74.5 Å². The number of allylic oxidation sites excluding steroid dienone is 1.